The van der Waals surface area contributed by atoms with Crippen LogP contribution in [0.1, 0.15) is 36.2 Å². The molecule has 9 heteroatoms. The fraction of sp³-hybridized carbons (Fsp3) is 0.240. The quantitative estimate of drug-likeness (QED) is 0.312. The van der Waals surface area contributed by atoms with E-state index >= 15 is 0 Å². The number of nitrogens with zero attached hydrogens (tertiary/aromatic N) is 5. The molecule has 0 spiro atoms. The number of carbonyl (C=O) groups is 1. The fourth-order valence-electron chi connectivity index (χ4n) is 3.62. The largest absolute Gasteiger partial charge is 0.379 e. The molecule has 0 bridgehead atoms. The number of rotatable bonds is 6. The third kappa shape index (κ3) is 4.76. The first-order chi connectivity index (χ1) is 16.4. The van der Waals surface area contributed by atoms with Gasteiger partial charge in [-0.1, -0.05) is 23.7 Å². The zero-order valence-electron chi connectivity index (χ0n) is 18.7. The second-order valence-electron chi connectivity index (χ2n) is 7.93. The summed E-state index contributed by atoms with van der Waals surface area (Å²) >= 11 is 6.03. The number of aryl methyl sites for hydroxylation is 1. The predicted octanol–water partition coefficient (Wildman–Crippen LogP) is 3.73. The number of fused-ring (bicyclic) bond motifs is 2. The highest BCUT2D eigenvalue weighted by atomic mass is 35.5. The molecule has 1 aromatic carbocycles. The van der Waals surface area contributed by atoms with Crippen molar-refractivity contribution < 1.29 is 9.53 Å². The molecular weight excluding hydrogens is 454 g/mol. The topological polar surface area (TPSA) is 102 Å². The van der Waals surface area contributed by atoms with Crippen LogP contribution in [0, 0.1) is 11.3 Å². The van der Waals surface area contributed by atoms with Crippen molar-refractivity contribution in [3.8, 4) is 6.07 Å². The van der Waals surface area contributed by atoms with Crippen LogP contribution in [0.2, 0.25) is 5.02 Å². The summed E-state index contributed by atoms with van der Waals surface area (Å²) in [6, 6.07) is 15.2. The number of amides is 1. The Balaban J connectivity index is 1.98. The third-order valence-corrected chi connectivity index (χ3v) is 5.40. The lowest BCUT2D eigenvalue weighted by atomic mass is 10.2. The van der Waals surface area contributed by atoms with E-state index in [1.807, 2.05) is 13.8 Å². The Kier molecular flexibility index (Phi) is 6.87. The summed E-state index contributed by atoms with van der Waals surface area (Å²) in [6.45, 7) is 4.68. The van der Waals surface area contributed by atoms with Crippen molar-refractivity contribution in [2.75, 3.05) is 6.61 Å². The van der Waals surface area contributed by atoms with Gasteiger partial charge in [0.05, 0.1) is 17.1 Å². The second-order valence-corrected chi connectivity index (χ2v) is 8.36. The minimum absolute atomic E-state index is 0.0625. The summed E-state index contributed by atoms with van der Waals surface area (Å²) in [5.41, 5.74) is 1.01. The van der Waals surface area contributed by atoms with Gasteiger partial charge in [-0.05, 0) is 56.7 Å². The zero-order chi connectivity index (χ0) is 24.2. The number of benzene rings is 1. The van der Waals surface area contributed by atoms with Crippen LogP contribution in [0.3, 0.4) is 0 Å². The first-order valence-corrected chi connectivity index (χ1v) is 11.2. The Hall–Kier alpha value is -3.80. The predicted molar refractivity (Wildman–Crippen MR) is 129 cm³/mol. The van der Waals surface area contributed by atoms with Gasteiger partial charge >= 0.3 is 0 Å². The maximum absolute atomic E-state index is 13.2. The van der Waals surface area contributed by atoms with Gasteiger partial charge in [0.2, 0.25) is 0 Å². The molecule has 3 aromatic heterocycles. The molecule has 0 unspecified atom stereocenters. The number of hydrogen-bond donors (Lipinski definition) is 0. The average molecular weight is 476 g/mol. The standard InChI is InChI=1S/C25H22ClN5O3/c1-16(2)34-12-6-11-31-22(29-24(32)17-7-5-8-19(26)13-17)18(15-27)14-20-23(31)28-21-9-3-4-10-30(21)25(20)33/h3-5,7-10,13-14,16H,6,11-12H2,1-2H3. The number of hydrogen-bond acceptors (Lipinski definition) is 5. The van der Waals surface area contributed by atoms with Crippen molar-refractivity contribution in [2.24, 2.45) is 4.99 Å². The summed E-state index contributed by atoms with van der Waals surface area (Å²) in [5.74, 6) is -0.553. The van der Waals surface area contributed by atoms with Gasteiger partial charge in [0.25, 0.3) is 11.5 Å². The minimum atomic E-state index is -0.553. The van der Waals surface area contributed by atoms with Crippen molar-refractivity contribution in [1.29, 1.82) is 5.26 Å². The van der Waals surface area contributed by atoms with Crippen molar-refractivity contribution in [1.82, 2.24) is 14.0 Å². The summed E-state index contributed by atoms with van der Waals surface area (Å²) in [7, 11) is 0. The Morgan fingerprint density at radius 1 is 1.24 bits per heavy atom. The van der Waals surface area contributed by atoms with Crippen LogP contribution < -0.4 is 11.0 Å². The molecule has 4 aromatic rings. The van der Waals surface area contributed by atoms with E-state index in [1.165, 1.54) is 16.5 Å². The molecule has 0 aliphatic carbocycles. The lowest BCUT2D eigenvalue weighted by Gasteiger charge is -2.14. The molecule has 0 saturated heterocycles. The van der Waals surface area contributed by atoms with Gasteiger partial charge in [-0.25, -0.2) is 4.98 Å². The summed E-state index contributed by atoms with van der Waals surface area (Å²) in [4.78, 5) is 35.1. The average Bonchev–Trinajstić information content (AvgIpc) is 2.82. The van der Waals surface area contributed by atoms with E-state index in [2.05, 4.69) is 16.0 Å². The van der Waals surface area contributed by atoms with Crippen molar-refractivity contribution >= 4 is 34.2 Å². The van der Waals surface area contributed by atoms with Crippen molar-refractivity contribution in [2.45, 2.75) is 32.9 Å². The van der Waals surface area contributed by atoms with E-state index in [0.717, 1.165) is 0 Å². The Morgan fingerprint density at radius 2 is 2.06 bits per heavy atom. The molecule has 0 aliphatic rings. The summed E-state index contributed by atoms with van der Waals surface area (Å²) in [6.07, 6.45) is 2.25. The van der Waals surface area contributed by atoms with E-state index in [1.54, 1.807) is 47.2 Å². The molecule has 0 radical (unpaired) electrons. The highest BCUT2D eigenvalue weighted by molar-refractivity contribution is 6.31. The van der Waals surface area contributed by atoms with Gasteiger partial charge in [-0.15, -0.1) is 0 Å². The zero-order valence-corrected chi connectivity index (χ0v) is 19.5. The third-order valence-electron chi connectivity index (χ3n) is 5.17. The van der Waals surface area contributed by atoms with Crippen LogP contribution in [0.5, 0.6) is 0 Å². The highest BCUT2D eigenvalue weighted by Crippen LogP contribution is 2.13. The molecule has 0 fully saturated rings. The number of nitriles is 1. The fourth-order valence-corrected chi connectivity index (χ4v) is 3.81. The van der Waals surface area contributed by atoms with Crippen LogP contribution in [0.25, 0.3) is 16.7 Å². The second kappa shape index (κ2) is 10.00. The van der Waals surface area contributed by atoms with Crippen molar-refractivity contribution in [3.63, 3.8) is 0 Å². The molecule has 8 nitrogen and oxygen atoms in total. The van der Waals surface area contributed by atoms with Crippen LogP contribution >= 0.6 is 11.6 Å². The maximum Gasteiger partial charge on any atom is 0.279 e. The minimum Gasteiger partial charge on any atom is -0.379 e. The molecule has 4 rings (SSSR count). The van der Waals surface area contributed by atoms with Gasteiger partial charge in [0.1, 0.15) is 17.4 Å². The van der Waals surface area contributed by atoms with Gasteiger partial charge in [-0.3, -0.25) is 14.0 Å². The first kappa shape index (κ1) is 23.4. The number of pyridine rings is 2. The molecule has 0 atom stereocenters. The number of halogens is 1. The van der Waals surface area contributed by atoms with Crippen LogP contribution in [-0.4, -0.2) is 32.6 Å². The number of aromatic nitrogens is 3. The smallest absolute Gasteiger partial charge is 0.279 e. The van der Waals surface area contributed by atoms with Gasteiger partial charge in [0.15, 0.2) is 5.49 Å². The van der Waals surface area contributed by atoms with E-state index in [-0.39, 0.29) is 33.7 Å². The molecule has 0 N–H and O–H groups in total. The lowest BCUT2D eigenvalue weighted by Crippen LogP contribution is -2.30. The molecule has 1 amide bonds. The van der Waals surface area contributed by atoms with Gasteiger partial charge in [0, 0.05) is 29.9 Å². The van der Waals surface area contributed by atoms with E-state index in [4.69, 9.17) is 16.3 Å². The molecule has 34 heavy (non-hydrogen) atoms. The van der Waals surface area contributed by atoms with E-state index in [9.17, 15) is 14.9 Å². The van der Waals surface area contributed by atoms with E-state index < -0.39 is 5.91 Å². The number of carbonyl (C=O) groups excluding carboxylic acids is 1. The Bertz CT molecular complexity index is 1560. The normalized spacial score (nSPS) is 11.9. The lowest BCUT2D eigenvalue weighted by molar-refractivity contribution is 0.0748. The summed E-state index contributed by atoms with van der Waals surface area (Å²) < 4.78 is 8.72. The van der Waals surface area contributed by atoms with Gasteiger partial charge in [-0.2, -0.15) is 10.3 Å². The Labute approximate surface area is 200 Å². The summed E-state index contributed by atoms with van der Waals surface area (Å²) in [5, 5.41) is 10.5. The first-order valence-electron chi connectivity index (χ1n) is 10.8. The van der Waals surface area contributed by atoms with E-state index in [0.29, 0.717) is 35.9 Å². The van der Waals surface area contributed by atoms with Crippen LogP contribution in [0.4, 0.5) is 0 Å². The maximum atomic E-state index is 13.2. The molecule has 0 saturated carbocycles. The molecule has 172 valence electrons. The van der Waals surface area contributed by atoms with Gasteiger partial charge < -0.3 is 9.30 Å². The SMILES string of the molecule is CC(C)OCCCn1c(=NC(=O)c2cccc(Cl)c2)c(C#N)cc2c(=O)n3ccccc3nc21. The molecular formula is C25H22ClN5O3. The van der Waals surface area contributed by atoms with Crippen molar-refractivity contribution in [3.05, 3.63) is 86.7 Å². The number of ether oxygens (including phenoxy) is 1. The van der Waals surface area contributed by atoms with Crippen LogP contribution in [-0.2, 0) is 11.3 Å². The molecule has 3 heterocycles. The monoisotopic (exact) mass is 475 g/mol. The Morgan fingerprint density at radius 3 is 2.79 bits per heavy atom. The van der Waals surface area contributed by atoms with Crippen LogP contribution in [0.15, 0.2) is 64.5 Å². The molecule has 0 aliphatic heterocycles. The highest BCUT2D eigenvalue weighted by Gasteiger charge is 2.15.